The number of benzene rings is 1. The average Bonchev–Trinajstić information content (AvgIpc) is 2.29. The number of morpholine rings is 1. The van der Waals surface area contributed by atoms with E-state index >= 15 is 0 Å². The number of halogens is 1. The summed E-state index contributed by atoms with van der Waals surface area (Å²) in [5.74, 6) is -0.918. The Balaban J connectivity index is 0.00000162. The minimum Gasteiger partial charge on any atom is -0.478 e. The maximum atomic E-state index is 10.7. The molecule has 2 N–H and O–H groups in total. The van der Waals surface area contributed by atoms with Crippen LogP contribution in [0.15, 0.2) is 24.3 Å². The number of carboxylic acid groups (broad SMARTS) is 1. The summed E-state index contributed by atoms with van der Waals surface area (Å²) in [6.07, 6.45) is -0.720. The van der Waals surface area contributed by atoms with Crippen molar-refractivity contribution in [2.75, 3.05) is 19.7 Å². The van der Waals surface area contributed by atoms with Gasteiger partial charge in [0, 0.05) is 19.6 Å². The number of aromatic carboxylic acids is 1. The van der Waals surface area contributed by atoms with E-state index < -0.39 is 12.3 Å². The van der Waals surface area contributed by atoms with Gasteiger partial charge in [-0.15, -0.1) is 12.4 Å². The fraction of sp³-hybridized carbons (Fsp3) is 0.417. The van der Waals surface area contributed by atoms with Crippen molar-refractivity contribution in [1.29, 1.82) is 0 Å². The van der Waals surface area contributed by atoms with Crippen LogP contribution in [0.25, 0.3) is 0 Å². The second kappa shape index (κ2) is 6.70. The Morgan fingerprint density at radius 3 is 2.61 bits per heavy atom. The zero-order valence-electron chi connectivity index (χ0n) is 9.78. The molecule has 6 heteroatoms. The Morgan fingerprint density at radius 2 is 2.06 bits per heavy atom. The molecule has 0 aliphatic carbocycles. The van der Waals surface area contributed by atoms with Crippen molar-refractivity contribution < 1.29 is 19.7 Å². The number of aliphatic hydroxyl groups is 1. The third-order valence-electron chi connectivity index (χ3n) is 2.74. The smallest absolute Gasteiger partial charge is 0.335 e. The molecule has 1 fully saturated rings. The number of carbonyl (C=O) groups is 1. The predicted octanol–water partition coefficient (Wildman–Crippen LogP) is 0.957. The highest BCUT2D eigenvalue weighted by Crippen LogP contribution is 2.10. The summed E-state index contributed by atoms with van der Waals surface area (Å²) >= 11 is 0. The first-order chi connectivity index (χ1) is 8.15. The zero-order chi connectivity index (χ0) is 12.3. The summed E-state index contributed by atoms with van der Waals surface area (Å²) in [5.41, 5.74) is 1.32. The van der Waals surface area contributed by atoms with E-state index in [0.717, 1.165) is 12.1 Å². The lowest BCUT2D eigenvalue weighted by Crippen LogP contribution is -2.41. The molecule has 2 rings (SSSR count). The summed E-state index contributed by atoms with van der Waals surface area (Å²) < 4.78 is 5.03. The van der Waals surface area contributed by atoms with Gasteiger partial charge in [0.2, 0.25) is 0 Å². The van der Waals surface area contributed by atoms with E-state index in [1.165, 1.54) is 0 Å². The zero-order valence-corrected chi connectivity index (χ0v) is 10.6. The van der Waals surface area contributed by atoms with Crippen LogP contribution in [0, 0.1) is 0 Å². The largest absolute Gasteiger partial charge is 0.478 e. The molecule has 1 heterocycles. The summed E-state index contributed by atoms with van der Waals surface area (Å²) in [6.45, 7) is 2.48. The normalized spacial score (nSPS) is 20.2. The maximum Gasteiger partial charge on any atom is 0.335 e. The number of aliphatic hydroxyl groups excluding tert-OH is 1. The van der Waals surface area contributed by atoms with Gasteiger partial charge in [0.1, 0.15) is 0 Å². The van der Waals surface area contributed by atoms with Gasteiger partial charge in [-0.25, -0.2) is 4.79 Å². The highest BCUT2D eigenvalue weighted by molar-refractivity contribution is 5.87. The number of β-amino-alcohol motifs (C(OH)–C–C–N with tert-alkyl or cyclic N) is 1. The summed E-state index contributed by atoms with van der Waals surface area (Å²) in [4.78, 5) is 12.8. The van der Waals surface area contributed by atoms with Crippen LogP contribution in [0.3, 0.4) is 0 Å². The standard InChI is InChI=1S/C12H15NO4.ClH/c14-11-8-13(5-6-17-11)7-9-1-3-10(4-2-9)12(15)16;/h1-4,11,14H,5-8H2,(H,15,16);1H. The molecule has 0 amide bonds. The fourth-order valence-corrected chi connectivity index (χ4v) is 1.84. The van der Waals surface area contributed by atoms with Crippen molar-refractivity contribution in [3.05, 3.63) is 35.4 Å². The Morgan fingerprint density at radius 1 is 1.39 bits per heavy atom. The van der Waals surface area contributed by atoms with Gasteiger partial charge in [-0.1, -0.05) is 12.1 Å². The average molecular weight is 274 g/mol. The van der Waals surface area contributed by atoms with Crippen molar-refractivity contribution in [3.8, 4) is 0 Å². The number of carboxylic acids is 1. The molecule has 0 aromatic heterocycles. The van der Waals surface area contributed by atoms with Gasteiger partial charge in [0.15, 0.2) is 6.29 Å². The lowest BCUT2D eigenvalue weighted by atomic mass is 10.1. The Bertz CT molecular complexity index is 396. The monoisotopic (exact) mass is 273 g/mol. The Kier molecular flexibility index (Phi) is 5.55. The molecule has 0 bridgehead atoms. The molecule has 1 aromatic rings. The topological polar surface area (TPSA) is 70.0 Å². The minimum absolute atomic E-state index is 0. The quantitative estimate of drug-likeness (QED) is 0.858. The molecule has 0 spiro atoms. The third kappa shape index (κ3) is 3.96. The predicted molar refractivity (Wildman–Crippen MR) is 67.9 cm³/mol. The first kappa shape index (κ1) is 14.9. The van der Waals surface area contributed by atoms with Crippen LogP contribution < -0.4 is 0 Å². The highest BCUT2D eigenvalue weighted by Gasteiger charge is 2.17. The highest BCUT2D eigenvalue weighted by atomic mass is 35.5. The molecular weight excluding hydrogens is 258 g/mol. The van der Waals surface area contributed by atoms with Crippen molar-refractivity contribution >= 4 is 18.4 Å². The lowest BCUT2D eigenvalue weighted by molar-refractivity contribution is -0.147. The molecule has 1 aromatic carbocycles. The van der Waals surface area contributed by atoms with E-state index in [4.69, 9.17) is 9.84 Å². The molecule has 1 saturated heterocycles. The van der Waals surface area contributed by atoms with Gasteiger partial charge in [-0.2, -0.15) is 0 Å². The van der Waals surface area contributed by atoms with Gasteiger partial charge in [-0.3, -0.25) is 4.90 Å². The molecule has 1 atom stereocenters. The van der Waals surface area contributed by atoms with Gasteiger partial charge < -0.3 is 14.9 Å². The van der Waals surface area contributed by atoms with Crippen LogP contribution in [0.1, 0.15) is 15.9 Å². The van der Waals surface area contributed by atoms with E-state index in [1.54, 1.807) is 24.3 Å². The van der Waals surface area contributed by atoms with Crippen molar-refractivity contribution in [3.63, 3.8) is 0 Å². The summed E-state index contributed by atoms with van der Waals surface area (Å²) in [7, 11) is 0. The van der Waals surface area contributed by atoms with Gasteiger partial charge in [0.05, 0.1) is 12.2 Å². The number of rotatable bonds is 3. The van der Waals surface area contributed by atoms with Crippen molar-refractivity contribution in [2.45, 2.75) is 12.8 Å². The van der Waals surface area contributed by atoms with E-state index in [1.807, 2.05) is 0 Å². The third-order valence-corrected chi connectivity index (χ3v) is 2.74. The SMILES string of the molecule is Cl.O=C(O)c1ccc(CN2CCOC(O)C2)cc1. The van der Waals surface area contributed by atoms with Crippen LogP contribution in [-0.2, 0) is 11.3 Å². The first-order valence-electron chi connectivity index (χ1n) is 5.49. The molecular formula is C12H16ClNO4. The molecule has 0 radical (unpaired) electrons. The van der Waals surface area contributed by atoms with E-state index in [2.05, 4.69) is 4.90 Å². The molecule has 1 aliphatic heterocycles. The van der Waals surface area contributed by atoms with Crippen LogP contribution in [0.4, 0.5) is 0 Å². The second-order valence-corrected chi connectivity index (χ2v) is 4.06. The number of hydrogen-bond acceptors (Lipinski definition) is 4. The number of nitrogens with zero attached hydrogens (tertiary/aromatic N) is 1. The van der Waals surface area contributed by atoms with Gasteiger partial charge >= 0.3 is 5.97 Å². The van der Waals surface area contributed by atoms with Gasteiger partial charge in [-0.05, 0) is 17.7 Å². The van der Waals surface area contributed by atoms with Crippen molar-refractivity contribution in [2.24, 2.45) is 0 Å². The molecule has 100 valence electrons. The van der Waals surface area contributed by atoms with Crippen LogP contribution in [0.2, 0.25) is 0 Å². The molecule has 5 nitrogen and oxygen atoms in total. The first-order valence-corrected chi connectivity index (χ1v) is 5.49. The van der Waals surface area contributed by atoms with Crippen LogP contribution >= 0.6 is 12.4 Å². The van der Waals surface area contributed by atoms with E-state index in [0.29, 0.717) is 19.7 Å². The van der Waals surface area contributed by atoms with E-state index in [-0.39, 0.29) is 18.0 Å². The van der Waals surface area contributed by atoms with Crippen molar-refractivity contribution in [1.82, 2.24) is 4.90 Å². The van der Waals surface area contributed by atoms with Gasteiger partial charge in [0.25, 0.3) is 0 Å². The molecule has 18 heavy (non-hydrogen) atoms. The minimum atomic E-state index is -0.918. The molecule has 0 saturated carbocycles. The molecule has 1 unspecified atom stereocenters. The van der Waals surface area contributed by atoms with Crippen LogP contribution in [0.5, 0.6) is 0 Å². The maximum absolute atomic E-state index is 10.7. The van der Waals surface area contributed by atoms with Crippen LogP contribution in [-0.4, -0.2) is 47.1 Å². The lowest BCUT2D eigenvalue weighted by Gasteiger charge is -2.30. The summed E-state index contributed by atoms with van der Waals surface area (Å²) in [6, 6.07) is 6.78. The molecule has 1 aliphatic rings. The fourth-order valence-electron chi connectivity index (χ4n) is 1.84. The second-order valence-electron chi connectivity index (χ2n) is 4.06. The Hall–Kier alpha value is -1.14. The summed E-state index contributed by atoms with van der Waals surface area (Å²) in [5, 5.41) is 18.1. The number of hydrogen-bond donors (Lipinski definition) is 2. The number of ether oxygens (including phenoxy) is 1. The Labute approximate surface area is 111 Å². The van der Waals surface area contributed by atoms with E-state index in [9.17, 15) is 9.90 Å².